The summed E-state index contributed by atoms with van der Waals surface area (Å²) in [5.41, 5.74) is 2.15. The van der Waals surface area contributed by atoms with Crippen LogP contribution >= 0.6 is 11.8 Å². The molecule has 3 aromatic rings. The first kappa shape index (κ1) is 24.7. The van der Waals surface area contributed by atoms with Crippen LogP contribution in [-0.2, 0) is 13.2 Å². The number of nitrogens with zero attached hydrogens (tertiary/aromatic N) is 5. The minimum Gasteiger partial charge on any atom is -0.317 e. The number of aromatic nitrogens is 5. The van der Waals surface area contributed by atoms with Crippen LogP contribution in [-0.4, -0.2) is 43.6 Å². The molecule has 34 heavy (non-hydrogen) atoms. The highest BCUT2D eigenvalue weighted by Crippen LogP contribution is 2.61. The number of rotatable bonds is 10. The number of hydrogen-bond donors (Lipinski definition) is 1. The van der Waals surface area contributed by atoms with Gasteiger partial charge in [0.05, 0.1) is 11.3 Å². The van der Waals surface area contributed by atoms with E-state index in [1.54, 1.807) is 36.3 Å². The monoisotopic (exact) mass is 490 g/mol. The van der Waals surface area contributed by atoms with Gasteiger partial charge in [-0.05, 0) is 68.3 Å². The molecular formula is C24H29F3N6S. The van der Waals surface area contributed by atoms with Crippen molar-refractivity contribution in [2.75, 3.05) is 18.8 Å². The summed E-state index contributed by atoms with van der Waals surface area (Å²) in [5, 5.41) is 12.9. The summed E-state index contributed by atoms with van der Waals surface area (Å²) in [6.07, 6.45) is 2.07. The molecule has 2 heterocycles. The van der Waals surface area contributed by atoms with Gasteiger partial charge in [0.2, 0.25) is 0 Å². The summed E-state index contributed by atoms with van der Waals surface area (Å²) in [4.78, 5) is 8.63. The van der Waals surface area contributed by atoms with E-state index in [0.717, 1.165) is 60.2 Å². The molecule has 0 radical (unpaired) electrons. The van der Waals surface area contributed by atoms with E-state index in [2.05, 4.69) is 32.4 Å². The van der Waals surface area contributed by atoms with E-state index in [1.165, 1.54) is 12.1 Å². The van der Waals surface area contributed by atoms with Gasteiger partial charge in [0.25, 0.3) is 0 Å². The zero-order valence-corrected chi connectivity index (χ0v) is 20.4. The molecule has 10 heteroatoms. The van der Waals surface area contributed by atoms with Crippen LogP contribution in [0.25, 0.3) is 11.5 Å². The highest BCUT2D eigenvalue weighted by molar-refractivity contribution is 7.99. The third-order valence-electron chi connectivity index (χ3n) is 6.52. The highest BCUT2D eigenvalue weighted by atomic mass is 32.2. The Morgan fingerprint density at radius 1 is 1.12 bits per heavy atom. The Morgan fingerprint density at radius 2 is 1.85 bits per heavy atom. The Morgan fingerprint density at radius 3 is 2.56 bits per heavy atom. The van der Waals surface area contributed by atoms with Crippen molar-refractivity contribution in [3.05, 3.63) is 53.5 Å². The molecule has 6 nitrogen and oxygen atoms in total. The van der Waals surface area contributed by atoms with Crippen molar-refractivity contribution < 1.29 is 13.2 Å². The van der Waals surface area contributed by atoms with E-state index in [-0.39, 0.29) is 5.41 Å². The van der Waals surface area contributed by atoms with Gasteiger partial charge in [0.15, 0.2) is 11.0 Å². The van der Waals surface area contributed by atoms with Crippen molar-refractivity contribution in [3.63, 3.8) is 0 Å². The summed E-state index contributed by atoms with van der Waals surface area (Å²) in [5.74, 6) is 1.98. The van der Waals surface area contributed by atoms with Gasteiger partial charge in [-0.3, -0.25) is 4.98 Å². The Bertz CT molecular complexity index is 1110. The Hall–Kier alpha value is -2.46. The maximum atomic E-state index is 12.8. The van der Waals surface area contributed by atoms with Gasteiger partial charge in [-0.15, -0.1) is 10.2 Å². The lowest BCUT2D eigenvalue weighted by atomic mass is 9.97. The van der Waals surface area contributed by atoms with Crippen molar-refractivity contribution in [2.45, 2.75) is 50.4 Å². The van der Waals surface area contributed by atoms with E-state index in [0.29, 0.717) is 11.7 Å². The third kappa shape index (κ3) is 5.60. The molecule has 0 bridgehead atoms. The van der Waals surface area contributed by atoms with Crippen LogP contribution in [0.2, 0.25) is 0 Å². The quantitative estimate of drug-likeness (QED) is 0.309. The smallest absolute Gasteiger partial charge is 0.317 e. The second kappa shape index (κ2) is 10.0. The second-order valence-corrected chi connectivity index (χ2v) is 10.2. The molecule has 182 valence electrons. The van der Waals surface area contributed by atoms with Crippen LogP contribution in [0.1, 0.15) is 48.9 Å². The first-order valence-corrected chi connectivity index (χ1v) is 12.4. The molecule has 2 aromatic heterocycles. The number of hydrogen-bond acceptors (Lipinski definition) is 6. The van der Waals surface area contributed by atoms with Gasteiger partial charge in [-0.1, -0.05) is 30.8 Å². The summed E-state index contributed by atoms with van der Waals surface area (Å²) in [7, 11) is 1.94. The molecule has 1 N–H and O–H groups in total. The highest BCUT2D eigenvalue weighted by Gasteiger charge is 2.49. The number of benzene rings is 1. The minimum atomic E-state index is -4.28. The van der Waals surface area contributed by atoms with Gasteiger partial charge >= 0.3 is 6.18 Å². The standard InChI is InChI=1S/C24H29F3N6S/c1-16-20(30-13-12-29-16)21-31-32-22(33(21)3)34-14-4-10-28-11-9-23(2)15-19(23)17-5-7-18(8-6-17)24(25,26)27/h5-8,12-13,19,28H,4,9-11,14-15H2,1-3H3/t19-,23+/m0/s1. The van der Waals surface area contributed by atoms with Gasteiger partial charge in [-0.2, -0.15) is 13.2 Å². The average Bonchev–Trinajstić information content (AvgIpc) is 3.35. The lowest BCUT2D eigenvalue weighted by Gasteiger charge is -2.13. The Kier molecular flexibility index (Phi) is 7.28. The summed E-state index contributed by atoms with van der Waals surface area (Å²) in [6.45, 7) is 5.93. The van der Waals surface area contributed by atoms with Crippen LogP contribution in [0.15, 0.2) is 41.8 Å². The molecule has 2 atom stereocenters. The predicted octanol–water partition coefficient (Wildman–Crippen LogP) is 5.26. The van der Waals surface area contributed by atoms with E-state index in [9.17, 15) is 13.2 Å². The molecule has 0 saturated heterocycles. The van der Waals surface area contributed by atoms with Crippen molar-refractivity contribution >= 4 is 11.8 Å². The minimum absolute atomic E-state index is 0.162. The Balaban J connectivity index is 1.15. The topological polar surface area (TPSA) is 68.5 Å². The number of halogens is 3. The molecule has 4 rings (SSSR count). The zero-order chi connectivity index (χ0) is 24.3. The predicted molar refractivity (Wildman–Crippen MR) is 127 cm³/mol. The van der Waals surface area contributed by atoms with Gasteiger partial charge in [-0.25, -0.2) is 4.98 Å². The van der Waals surface area contributed by atoms with Crippen molar-refractivity contribution in [1.29, 1.82) is 0 Å². The number of aryl methyl sites for hydroxylation is 1. The molecule has 0 spiro atoms. The van der Waals surface area contributed by atoms with Crippen LogP contribution in [0.5, 0.6) is 0 Å². The van der Waals surface area contributed by atoms with Crippen molar-refractivity contribution in [1.82, 2.24) is 30.0 Å². The van der Waals surface area contributed by atoms with E-state index in [4.69, 9.17) is 0 Å². The van der Waals surface area contributed by atoms with E-state index in [1.807, 2.05) is 18.5 Å². The number of nitrogens with one attached hydrogen (secondary N) is 1. The molecular weight excluding hydrogens is 461 g/mol. The molecule has 1 fully saturated rings. The molecule has 0 amide bonds. The lowest BCUT2D eigenvalue weighted by Crippen LogP contribution is -2.20. The molecule has 1 aliphatic carbocycles. The largest absolute Gasteiger partial charge is 0.416 e. The van der Waals surface area contributed by atoms with Crippen molar-refractivity contribution in [3.8, 4) is 11.5 Å². The number of thioether (sulfide) groups is 1. The van der Waals surface area contributed by atoms with Gasteiger partial charge in [0.1, 0.15) is 5.69 Å². The fourth-order valence-electron chi connectivity index (χ4n) is 4.24. The van der Waals surface area contributed by atoms with Gasteiger partial charge in [0, 0.05) is 25.2 Å². The maximum absolute atomic E-state index is 12.8. The summed E-state index contributed by atoms with van der Waals surface area (Å²) < 4.78 is 40.2. The second-order valence-electron chi connectivity index (χ2n) is 9.09. The molecule has 0 unspecified atom stereocenters. The van der Waals surface area contributed by atoms with Crippen LogP contribution in [0.4, 0.5) is 13.2 Å². The normalized spacial score (nSPS) is 20.0. The molecule has 0 aliphatic heterocycles. The Labute approximate surface area is 201 Å². The van der Waals surface area contributed by atoms with Crippen LogP contribution in [0, 0.1) is 12.3 Å². The van der Waals surface area contributed by atoms with E-state index < -0.39 is 11.7 Å². The average molecular weight is 491 g/mol. The van der Waals surface area contributed by atoms with E-state index >= 15 is 0 Å². The fraction of sp³-hybridized carbons (Fsp3) is 0.500. The molecule has 1 saturated carbocycles. The van der Waals surface area contributed by atoms with Crippen LogP contribution < -0.4 is 5.32 Å². The number of alkyl halides is 3. The maximum Gasteiger partial charge on any atom is 0.416 e. The molecule has 1 aromatic carbocycles. The molecule has 1 aliphatic rings. The third-order valence-corrected chi connectivity index (χ3v) is 7.63. The first-order valence-electron chi connectivity index (χ1n) is 11.4. The fourth-order valence-corrected chi connectivity index (χ4v) is 5.09. The summed E-state index contributed by atoms with van der Waals surface area (Å²) >= 11 is 1.67. The zero-order valence-electron chi connectivity index (χ0n) is 19.6. The van der Waals surface area contributed by atoms with Gasteiger partial charge < -0.3 is 9.88 Å². The first-order chi connectivity index (χ1) is 16.2. The lowest BCUT2D eigenvalue weighted by molar-refractivity contribution is -0.137. The van der Waals surface area contributed by atoms with Crippen molar-refractivity contribution in [2.24, 2.45) is 12.5 Å². The van der Waals surface area contributed by atoms with Crippen LogP contribution in [0.3, 0.4) is 0 Å². The summed E-state index contributed by atoms with van der Waals surface area (Å²) in [6, 6.07) is 5.65. The SMILES string of the molecule is Cc1nccnc1-c1nnc(SCCCNCC[C@]2(C)C[C@H]2c2ccc(C(F)(F)F)cc2)n1C.